The number of rotatable bonds is 3. The first-order valence-electron chi connectivity index (χ1n) is 5.00. The summed E-state index contributed by atoms with van der Waals surface area (Å²) in [6.07, 6.45) is 0. The van der Waals surface area contributed by atoms with Crippen LogP contribution >= 0.6 is 0 Å². The quantitative estimate of drug-likeness (QED) is 0.750. The number of nitrogens with two attached hydrogens (primary N) is 1. The molecule has 3 N–H and O–H groups in total. The number of aliphatic hydroxyl groups is 1. The van der Waals surface area contributed by atoms with Crippen LogP contribution in [0.25, 0.3) is 0 Å². The van der Waals surface area contributed by atoms with Crippen LogP contribution in [0, 0.1) is 0 Å². The van der Waals surface area contributed by atoms with Crippen LogP contribution in [0.5, 0.6) is 5.75 Å². The second-order valence-electron chi connectivity index (χ2n) is 4.71. The number of benzene rings is 1. The Hall–Kier alpha value is -1.22. The van der Waals surface area contributed by atoms with Crippen LogP contribution in [0.2, 0.25) is 0 Å². The maximum atomic E-state index is 9.93. The molecule has 3 heteroatoms. The van der Waals surface area contributed by atoms with E-state index in [0.29, 0.717) is 11.4 Å². The molecule has 0 heterocycles. The van der Waals surface area contributed by atoms with Crippen LogP contribution in [-0.4, -0.2) is 16.3 Å². The van der Waals surface area contributed by atoms with E-state index >= 15 is 0 Å². The van der Waals surface area contributed by atoms with Crippen LogP contribution in [0.3, 0.4) is 0 Å². The normalized spacial score (nSPS) is 12.6. The van der Waals surface area contributed by atoms with Gasteiger partial charge in [-0.15, -0.1) is 0 Å². The topological polar surface area (TPSA) is 55.5 Å². The van der Waals surface area contributed by atoms with Gasteiger partial charge in [0, 0.05) is 0 Å². The molecule has 0 aliphatic rings. The summed E-state index contributed by atoms with van der Waals surface area (Å²) in [6.45, 7) is 7.09. The highest BCUT2D eigenvalue weighted by molar-refractivity contribution is 5.52. The van der Waals surface area contributed by atoms with Crippen molar-refractivity contribution in [1.82, 2.24) is 0 Å². The lowest BCUT2D eigenvalue weighted by Crippen LogP contribution is -2.49. The minimum atomic E-state index is -0.935. The molecule has 15 heavy (non-hydrogen) atoms. The van der Waals surface area contributed by atoms with E-state index in [9.17, 15) is 5.11 Å². The minimum Gasteiger partial charge on any atom is -0.483 e. The van der Waals surface area contributed by atoms with Crippen LogP contribution in [0.4, 0.5) is 5.69 Å². The molecule has 84 valence electrons. The highest BCUT2D eigenvalue weighted by Gasteiger charge is 2.37. The van der Waals surface area contributed by atoms with Gasteiger partial charge in [0.05, 0.1) is 11.3 Å². The monoisotopic (exact) mass is 209 g/mol. The van der Waals surface area contributed by atoms with Crippen LogP contribution in [0.15, 0.2) is 24.3 Å². The Bertz CT molecular complexity index is 340. The molecular formula is C12H19NO2. The molecule has 0 fully saturated rings. The molecule has 0 amide bonds. The standard InChI is InChI=1S/C12H19NO2/c1-11(2,14)12(3,4)15-10-8-6-5-7-9(10)13/h5-8,14H,13H2,1-4H3. The van der Waals surface area contributed by atoms with E-state index in [-0.39, 0.29) is 0 Å². The van der Waals surface area contributed by atoms with E-state index in [1.54, 1.807) is 26.0 Å². The molecule has 1 aromatic rings. The Balaban J connectivity index is 2.92. The predicted octanol–water partition coefficient (Wildman–Crippen LogP) is 2.20. The van der Waals surface area contributed by atoms with Crippen LogP contribution in [0.1, 0.15) is 27.7 Å². The first-order valence-corrected chi connectivity index (χ1v) is 5.00. The number of hydrogen-bond acceptors (Lipinski definition) is 3. The van der Waals surface area contributed by atoms with Gasteiger partial charge in [-0.1, -0.05) is 12.1 Å². The molecule has 1 aromatic carbocycles. The fraction of sp³-hybridized carbons (Fsp3) is 0.500. The molecule has 3 nitrogen and oxygen atoms in total. The largest absolute Gasteiger partial charge is 0.483 e. The highest BCUT2D eigenvalue weighted by Crippen LogP contribution is 2.30. The third kappa shape index (κ3) is 2.63. The Morgan fingerprint density at radius 3 is 2.13 bits per heavy atom. The summed E-state index contributed by atoms with van der Waals surface area (Å²) in [6, 6.07) is 7.27. The molecule has 0 aromatic heterocycles. The summed E-state index contributed by atoms with van der Waals surface area (Å²) in [7, 11) is 0. The Labute approximate surface area is 90.9 Å². The molecule has 0 atom stereocenters. The van der Waals surface area contributed by atoms with Crippen molar-refractivity contribution in [3.63, 3.8) is 0 Å². The molecule has 0 saturated heterocycles. The number of para-hydroxylation sites is 2. The zero-order chi connectivity index (χ0) is 11.7. The molecule has 0 bridgehead atoms. The summed E-state index contributed by atoms with van der Waals surface area (Å²) in [5.74, 6) is 0.602. The van der Waals surface area contributed by atoms with Gasteiger partial charge in [0.15, 0.2) is 0 Å². The number of anilines is 1. The van der Waals surface area contributed by atoms with E-state index in [2.05, 4.69) is 0 Å². The van der Waals surface area contributed by atoms with E-state index in [0.717, 1.165) is 0 Å². The van der Waals surface area contributed by atoms with Gasteiger partial charge in [0.1, 0.15) is 11.4 Å². The molecule has 0 aliphatic heterocycles. The van der Waals surface area contributed by atoms with Gasteiger partial charge in [0.25, 0.3) is 0 Å². The fourth-order valence-electron chi connectivity index (χ4n) is 0.973. The van der Waals surface area contributed by atoms with E-state index in [4.69, 9.17) is 10.5 Å². The average molecular weight is 209 g/mol. The van der Waals surface area contributed by atoms with Crippen molar-refractivity contribution in [2.24, 2.45) is 0 Å². The molecule has 0 aliphatic carbocycles. The van der Waals surface area contributed by atoms with E-state index in [1.165, 1.54) is 0 Å². The van der Waals surface area contributed by atoms with Crippen molar-refractivity contribution in [3.05, 3.63) is 24.3 Å². The molecule has 0 unspecified atom stereocenters. The number of nitrogen functional groups attached to an aromatic ring is 1. The molecule has 0 radical (unpaired) electrons. The maximum absolute atomic E-state index is 9.93. The Morgan fingerprint density at radius 2 is 1.67 bits per heavy atom. The first-order chi connectivity index (χ1) is 6.74. The molecule has 1 rings (SSSR count). The van der Waals surface area contributed by atoms with Gasteiger partial charge in [-0.05, 0) is 39.8 Å². The SMILES string of the molecule is CC(C)(O)C(C)(C)Oc1ccccc1N. The minimum absolute atomic E-state index is 0.579. The summed E-state index contributed by atoms with van der Waals surface area (Å²) in [4.78, 5) is 0. The van der Waals surface area contributed by atoms with Crippen molar-refractivity contribution >= 4 is 5.69 Å². The lowest BCUT2D eigenvalue weighted by Gasteiger charge is -2.37. The second-order valence-corrected chi connectivity index (χ2v) is 4.71. The van der Waals surface area contributed by atoms with E-state index in [1.807, 2.05) is 26.0 Å². The number of ether oxygens (including phenoxy) is 1. The van der Waals surface area contributed by atoms with Crippen LogP contribution < -0.4 is 10.5 Å². The van der Waals surface area contributed by atoms with E-state index < -0.39 is 11.2 Å². The summed E-state index contributed by atoms with van der Waals surface area (Å²) >= 11 is 0. The summed E-state index contributed by atoms with van der Waals surface area (Å²) in [5, 5.41) is 9.93. The second kappa shape index (κ2) is 3.74. The molecule has 0 saturated carbocycles. The zero-order valence-corrected chi connectivity index (χ0v) is 9.74. The lowest BCUT2D eigenvalue weighted by atomic mass is 9.89. The summed E-state index contributed by atoms with van der Waals surface area (Å²) < 4.78 is 5.72. The third-order valence-corrected chi connectivity index (χ3v) is 2.76. The fourth-order valence-corrected chi connectivity index (χ4v) is 0.973. The van der Waals surface area contributed by atoms with Gasteiger partial charge < -0.3 is 15.6 Å². The van der Waals surface area contributed by atoms with Gasteiger partial charge in [0.2, 0.25) is 0 Å². The Morgan fingerprint density at radius 1 is 1.13 bits per heavy atom. The van der Waals surface area contributed by atoms with Gasteiger partial charge >= 0.3 is 0 Å². The van der Waals surface area contributed by atoms with Crippen molar-refractivity contribution in [1.29, 1.82) is 0 Å². The predicted molar refractivity (Wildman–Crippen MR) is 61.9 cm³/mol. The van der Waals surface area contributed by atoms with Crippen molar-refractivity contribution in [2.45, 2.75) is 38.9 Å². The average Bonchev–Trinajstić information content (AvgIpc) is 2.06. The molecular weight excluding hydrogens is 190 g/mol. The van der Waals surface area contributed by atoms with Crippen LogP contribution in [-0.2, 0) is 0 Å². The molecule has 0 spiro atoms. The lowest BCUT2D eigenvalue weighted by molar-refractivity contribution is -0.0903. The van der Waals surface area contributed by atoms with Crippen molar-refractivity contribution in [2.75, 3.05) is 5.73 Å². The highest BCUT2D eigenvalue weighted by atomic mass is 16.5. The van der Waals surface area contributed by atoms with Crippen molar-refractivity contribution < 1.29 is 9.84 Å². The number of hydrogen-bond donors (Lipinski definition) is 2. The smallest absolute Gasteiger partial charge is 0.143 e. The Kier molecular flexibility index (Phi) is 2.95. The maximum Gasteiger partial charge on any atom is 0.143 e. The van der Waals surface area contributed by atoms with Gasteiger partial charge in [-0.25, -0.2) is 0 Å². The van der Waals surface area contributed by atoms with Crippen molar-refractivity contribution in [3.8, 4) is 5.75 Å². The third-order valence-electron chi connectivity index (χ3n) is 2.76. The summed E-state index contributed by atoms with van der Waals surface area (Å²) in [5.41, 5.74) is 4.72. The first kappa shape index (κ1) is 11.9. The van der Waals surface area contributed by atoms with Gasteiger partial charge in [-0.3, -0.25) is 0 Å². The van der Waals surface area contributed by atoms with Gasteiger partial charge in [-0.2, -0.15) is 0 Å². The zero-order valence-electron chi connectivity index (χ0n) is 9.74.